The molecule has 0 saturated heterocycles. The summed E-state index contributed by atoms with van der Waals surface area (Å²) in [4.78, 5) is 20.7. The molecule has 0 aromatic heterocycles. The second-order valence-corrected chi connectivity index (χ2v) is 2.58. The molecule has 0 N–H and O–H groups in total. The van der Waals surface area contributed by atoms with Gasteiger partial charge in [0.15, 0.2) is 0 Å². The van der Waals surface area contributed by atoms with Crippen molar-refractivity contribution >= 4 is 12.3 Å². The number of hydrogen-bond donors (Lipinski definition) is 0. The van der Waals surface area contributed by atoms with Gasteiger partial charge in [-0.05, 0) is 12.1 Å². The molecule has 0 heterocycles. The van der Waals surface area contributed by atoms with Crippen molar-refractivity contribution in [1.82, 2.24) is 0 Å². The number of halogens is 3. The molecule has 1 aromatic carbocycles. The molecule has 0 unspecified atom stereocenters. The number of ether oxygens (including phenoxy) is 1. The molecule has 0 aliphatic heterocycles. The van der Waals surface area contributed by atoms with Crippen molar-refractivity contribution in [1.29, 1.82) is 0 Å². The summed E-state index contributed by atoms with van der Waals surface area (Å²) in [7, 11) is 0. The third-order valence-corrected chi connectivity index (χ3v) is 1.44. The van der Waals surface area contributed by atoms with Crippen LogP contribution in [0.1, 0.15) is 10.4 Å². The molecule has 0 saturated carbocycles. The summed E-state index contributed by atoms with van der Waals surface area (Å²) in [5, 5.41) is 0. The third kappa shape index (κ3) is 3.08. The molecule has 0 aliphatic carbocycles. The predicted octanol–water partition coefficient (Wildman–Crippen LogP) is 1.97. The van der Waals surface area contributed by atoms with Crippen LogP contribution >= 0.6 is 0 Å². The molecule has 0 bridgehead atoms. The second-order valence-electron chi connectivity index (χ2n) is 2.58. The molecule has 0 atom stereocenters. The second kappa shape index (κ2) is 4.12. The molecular formula is C9H5F3O3. The molecule has 15 heavy (non-hydrogen) atoms. The van der Waals surface area contributed by atoms with Crippen molar-refractivity contribution in [3.8, 4) is 5.75 Å². The summed E-state index contributed by atoms with van der Waals surface area (Å²) in [6.45, 7) is 0. The first-order valence-corrected chi connectivity index (χ1v) is 3.78. The normalized spacial score (nSPS) is 10.9. The van der Waals surface area contributed by atoms with Crippen LogP contribution in [0.2, 0.25) is 0 Å². The number of esters is 1. The lowest BCUT2D eigenvalue weighted by Gasteiger charge is -2.06. The Morgan fingerprint density at radius 1 is 1.33 bits per heavy atom. The van der Waals surface area contributed by atoms with Gasteiger partial charge in [-0.15, -0.1) is 0 Å². The van der Waals surface area contributed by atoms with E-state index in [1.807, 2.05) is 0 Å². The first kappa shape index (κ1) is 11.2. The summed E-state index contributed by atoms with van der Waals surface area (Å²) >= 11 is 0. The highest BCUT2D eigenvalue weighted by Gasteiger charge is 2.41. The van der Waals surface area contributed by atoms with Gasteiger partial charge in [0.05, 0.1) is 0 Å². The predicted molar refractivity (Wildman–Crippen MR) is 43.5 cm³/mol. The highest BCUT2D eigenvalue weighted by Crippen LogP contribution is 2.20. The van der Waals surface area contributed by atoms with Gasteiger partial charge in [0, 0.05) is 5.56 Å². The molecule has 1 rings (SSSR count). The highest BCUT2D eigenvalue weighted by atomic mass is 19.4. The van der Waals surface area contributed by atoms with Gasteiger partial charge in [-0.1, -0.05) is 12.1 Å². The fourth-order valence-electron chi connectivity index (χ4n) is 0.816. The smallest absolute Gasteiger partial charge is 0.420 e. The Kier molecular flexibility index (Phi) is 3.08. The maximum absolute atomic E-state index is 11.8. The van der Waals surface area contributed by atoms with Crippen LogP contribution in [-0.2, 0) is 4.79 Å². The number of hydrogen-bond acceptors (Lipinski definition) is 3. The molecule has 80 valence electrons. The maximum Gasteiger partial charge on any atom is 0.491 e. The zero-order chi connectivity index (χ0) is 11.5. The number of carbonyl (C=O) groups excluding carboxylic acids is 2. The van der Waals surface area contributed by atoms with Crippen LogP contribution in [0.25, 0.3) is 0 Å². The number of rotatable bonds is 2. The van der Waals surface area contributed by atoms with Crippen molar-refractivity contribution in [3.63, 3.8) is 0 Å². The molecule has 0 radical (unpaired) electrons. The van der Waals surface area contributed by atoms with Crippen LogP contribution in [0.3, 0.4) is 0 Å². The largest absolute Gasteiger partial charge is 0.491 e. The first-order chi connectivity index (χ1) is 6.93. The molecule has 3 nitrogen and oxygen atoms in total. The minimum Gasteiger partial charge on any atom is -0.420 e. The van der Waals surface area contributed by atoms with Gasteiger partial charge in [-0.2, -0.15) is 13.2 Å². The van der Waals surface area contributed by atoms with Crippen molar-refractivity contribution < 1.29 is 27.5 Å². The Labute approximate surface area is 82.5 Å². The summed E-state index contributed by atoms with van der Waals surface area (Å²) in [6, 6.07) is 4.87. The van der Waals surface area contributed by atoms with Crippen molar-refractivity contribution in [2.45, 2.75) is 6.18 Å². The molecule has 1 aromatic rings. The molecule has 0 amide bonds. The van der Waals surface area contributed by atoms with Gasteiger partial charge in [0.2, 0.25) is 0 Å². The van der Waals surface area contributed by atoms with Gasteiger partial charge < -0.3 is 4.74 Å². The maximum atomic E-state index is 11.8. The van der Waals surface area contributed by atoms with Crippen LogP contribution in [-0.4, -0.2) is 18.4 Å². The molecular weight excluding hydrogens is 213 g/mol. The van der Waals surface area contributed by atoms with E-state index in [0.717, 1.165) is 12.1 Å². The topological polar surface area (TPSA) is 43.4 Å². The van der Waals surface area contributed by atoms with E-state index in [9.17, 15) is 22.8 Å². The minimum absolute atomic E-state index is 0.127. The number of alkyl halides is 3. The van der Waals surface area contributed by atoms with Crippen molar-refractivity contribution in [2.24, 2.45) is 0 Å². The van der Waals surface area contributed by atoms with Crippen LogP contribution in [0.15, 0.2) is 24.3 Å². The lowest BCUT2D eigenvalue weighted by atomic mass is 10.2. The fraction of sp³-hybridized carbons (Fsp3) is 0.111. The molecule has 0 fully saturated rings. The monoisotopic (exact) mass is 218 g/mol. The Hall–Kier alpha value is -1.85. The standard InChI is InChI=1S/C9H5F3O3/c10-9(11,12)8(14)15-7-3-1-2-6(4-7)5-13/h1-5H. The van der Waals surface area contributed by atoms with Gasteiger partial charge >= 0.3 is 12.1 Å². The highest BCUT2D eigenvalue weighted by molar-refractivity contribution is 5.79. The van der Waals surface area contributed by atoms with Crippen LogP contribution < -0.4 is 4.74 Å². The van der Waals surface area contributed by atoms with E-state index < -0.39 is 12.1 Å². The lowest BCUT2D eigenvalue weighted by molar-refractivity contribution is -0.189. The van der Waals surface area contributed by atoms with Crippen molar-refractivity contribution in [3.05, 3.63) is 29.8 Å². The van der Waals surface area contributed by atoms with E-state index in [1.54, 1.807) is 0 Å². The third-order valence-electron chi connectivity index (χ3n) is 1.44. The van der Waals surface area contributed by atoms with Crippen LogP contribution in [0.4, 0.5) is 13.2 Å². The van der Waals surface area contributed by atoms with E-state index >= 15 is 0 Å². The summed E-state index contributed by atoms with van der Waals surface area (Å²) in [5.41, 5.74) is 0.127. The molecule has 0 aliphatic rings. The quantitative estimate of drug-likeness (QED) is 0.433. The number of benzene rings is 1. The van der Waals surface area contributed by atoms with Crippen LogP contribution in [0, 0.1) is 0 Å². The van der Waals surface area contributed by atoms with E-state index in [-0.39, 0.29) is 11.3 Å². The summed E-state index contributed by atoms with van der Waals surface area (Å²) in [6.07, 6.45) is -4.61. The Bertz CT molecular complexity index is 384. The van der Waals surface area contributed by atoms with E-state index in [2.05, 4.69) is 4.74 Å². The van der Waals surface area contributed by atoms with Gasteiger partial charge in [-0.25, -0.2) is 4.79 Å². The molecule has 0 spiro atoms. The first-order valence-electron chi connectivity index (χ1n) is 3.78. The average Bonchev–Trinajstić information content (AvgIpc) is 2.16. The number of aldehydes is 1. The number of carbonyl (C=O) groups is 2. The van der Waals surface area contributed by atoms with Gasteiger partial charge in [0.25, 0.3) is 0 Å². The Morgan fingerprint density at radius 3 is 2.53 bits per heavy atom. The van der Waals surface area contributed by atoms with Gasteiger partial charge in [0.1, 0.15) is 12.0 Å². The Balaban J connectivity index is 2.81. The summed E-state index contributed by atoms with van der Waals surface area (Å²) < 4.78 is 39.3. The molecule has 6 heteroatoms. The van der Waals surface area contributed by atoms with E-state index in [0.29, 0.717) is 6.29 Å². The van der Waals surface area contributed by atoms with Crippen molar-refractivity contribution in [2.75, 3.05) is 0 Å². The SMILES string of the molecule is O=Cc1cccc(OC(=O)C(F)(F)F)c1. The fourth-order valence-corrected chi connectivity index (χ4v) is 0.816. The van der Waals surface area contributed by atoms with E-state index in [1.165, 1.54) is 12.1 Å². The lowest BCUT2D eigenvalue weighted by Crippen LogP contribution is -2.27. The zero-order valence-corrected chi connectivity index (χ0v) is 7.25. The zero-order valence-electron chi connectivity index (χ0n) is 7.25. The summed E-state index contributed by atoms with van der Waals surface area (Å²) in [5.74, 6) is -2.63. The van der Waals surface area contributed by atoms with Crippen LogP contribution in [0.5, 0.6) is 5.75 Å². The minimum atomic E-state index is -5.04. The van der Waals surface area contributed by atoms with Gasteiger partial charge in [-0.3, -0.25) is 4.79 Å². The average molecular weight is 218 g/mol. The van der Waals surface area contributed by atoms with E-state index in [4.69, 9.17) is 0 Å². The Morgan fingerprint density at radius 2 is 2.00 bits per heavy atom.